The molecule has 0 bridgehead atoms. The SMILES string of the molecule is O/N=C/c1onc2c1CCOC2c1ccc(Cl)cc1. The monoisotopic (exact) mass is 278 g/mol. The lowest BCUT2D eigenvalue weighted by atomic mass is 9.98. The van der Waals surface area contributed by atoms with Crippen molar-refractivity contribution in [2.75, 3.05) is 6.61 Å². The molecule has 1 atom stereocenters. The van der Waals surface area contributed by atoms with E-state index in [-0.39, 0.29) is 6.10 Å². The molecule has 5 nitrogen and oxygen atoms in total. The Labute approximate surface area is 114 Å². The van der Waals surface area contributed by atoms with Gasteiger partial charge in [0.25, 0.3) is 0 Å². The zero-order valence-corrected chi connectivity index (χ0v) is 10.7. The minimum atomic E-state index is -0.273. The van der Waals surface area contributed by atoms with E-state index in [9.17, 15) is 0 Å². The summed E-state index contributed by atoms with van der Waals surface area (Å²) in [5, 5.41) is 16.3. The maximum Gasteiger partial charge on any atom is 0.184 e. The van der Waals surface area contributed by atoms with Crippen molar-refractivity contribution >= 4 is 17.8 Å². The maximum atomic E-state index is 8.59. The van der Waals surface area contributed by atoms with Crippen LogP contribution in [0.5, 0.6) is 0 Å². The Morgan fingerprint density at radius 3 is 2.89 bits per heavy atom. The number of nitrogens with zero attached hydrogens (tertiary/aromatic N) is 2. The van der Waals surface area contributed by atoms with Gasteiger partial charge in [0.1, 0.15) is 18.0 Å². The molecule has 1 N–H and O–H groups in total. The van der Waals surface area contributed by atoms with Gasteiger partial charge in [-0.2, -0.15) is 0 Å². The highest BCUT2D eigenvalue weighted by atomic mass is 35.5. The summed E-state index contributed by atoms with van der Waals surface area (Å²) in [6, 6.07) is 7.42. The molecule has 0 fully saturated rings. The molecular weight excluding hydrogens is 268 g/mol. The number of halogens is 1. The molecule has 2 heterocycles. The molecule has 98 valence electrons. The van der Waals surface area contributed by atoms with Gasteiger partial charge < -0.3 is 14.5 Å². The molecule has 1 unspecified atom stereocenters. The van der Waals surface area contributed by atoms with E-state index >= 15 is 0 Å². The van der Waals surface area contributed by atoms with E-state index in [0.717, 1.165) is 16.8 Å². The number of oxime groups is 1. The third-order valence-corrected chi connectivity index (χ3v) is 3.33. The maximum absolute atomic E-state index is 8.59. The first-order valence-corrected chi connectivity index (χ1v) is 6.20. The van der Waals surface area contributed by atoms with Crippen LogP contribution in [0, 0.1) is 0 Å². The molecule has 0 aliphatic carbocycles. The molecule has 1 aromatic carbocycles. The molecule has 1 aliphatic rings. The molecule has 0 radical (unpaired) electrons. The summed E-state index contributed by atoms with van der Waals surface area (Å²) in [5.41, 5.74) is 2.61. The number of hydrogen-bond acceptors (Lipinski definition) is 5. The first-order chi connectivity index (χ1) is 9.29. The van der Waals surface area contributed by atoms with E-state index in [1.807, 2.05) is 24.3 Å². The Balaban J connectivity index is 2.01. The second kappa shape index (κ2) is 5.03. The van der Waals surface area contributed by atoms with Crippen LogP contribution in [0.4, 0.5) is 0 Å². The molecule has 6 heteroatoms. The Morgan fingerprint density at radius 1 is 1.37 bits per heavy atom. The highest BCUT2D eigenvalue weighted by Crippen LogP contribution is 2.33. The molecule has 2 aromatic rings. The van der Waals surface area contributed by atoms with Crippen LogP contribution in [0.3, 0.4) is 0 Å². The van der Waals surface area contributed by atoms with Crippen LogP contribution in [-0.2, 0) is 11.2 Å². The van der Waals surface area contributed by atoms with Crippen molar-refractivity contribution < 1.29 is 14.5 Å². The molecule has 0 amide bonds. The molecule has 0 spiro atoms. The topological polar surface area (TPSA) is 67.9 Å². The van der Waals surface area contributed by atoms with E-state index < -0.39 is 0 Å². The van der Waals surface area contributed by atoms with Crippen LogP contribution in [0.15, 0.2) is 33.9 Å². The minimum Gasteiger partial charge on any atom is -0.411 e. The number of aromatic nitrogens is 1. The average molecular weight is 279 g/mol. The smallest absolute Gasteiger partial charge is 0.184 e. The summed E-state index contributed by atoms with van der Waals surface area (Å²) in [6.07, 6.45) is 1.66. The van der Waals surface area contributed by atoms with Gasteiger partial charge in [0.05, 0.1) is 6.61 Å². The van der Waals surface area contributed by atoms with Crippen LogP contribution >= 0.6 is 11.6 Å². The van der Waals surface area contributed by atoms with Gasteiger partial charge in [-0.05, 0) is 17.7 Å². The van der Waals surface area contributed by atoms with E-state index in [2.05, 4.69) is 10.3 Å². The van der Waals surface area contributed by atoms with Crippen molar-refractivity contribution in [3.8, 4) is 0 Å². The van der Waals surface area contributed by atoms with Crippen molar-refractivity contribution in [3.63, 3.8) is 0 Å². The molecule has 3 rings (SSSR count). The molecule has 0 saturated heterocycles. The molecule has 1 aromatic heterocycles. The van der Waals surface area contributed by atoms with Gasteiger partial charge >= 0.3 is 0 Å². The molecule has 0 saturated carbocycles. The lowest BCUT2D eigenvalue weighted by Crippen LogP contribution is -2.17. The van der Waals surface area contributed by atoms with Gasteiger partial charge in [0, 0.05) is 17.0 Å². The highest BCUT2D eigenvalue weighted by Gasteiger charge is 2.29. The lowest BCUT2D eigenvalue weighted by molar-refractivity contribution is 0.0657. The highest BCUT2D eigenvalue weighted by molar-refractivity contribution is 6.30. The first kappa shape index (κ1) is 12.2. The Kier molecular flexibility index (Phi) is 3.23. The number of benzene rings is 1. The fourth-order valence-corrected chi connectivity index (χ4v) is 2.32. The number of rotatable bonds is 2. The van der Waals surface area contributed by atoms with Crippen molar-refractivity contribution in [3.05, 3.63) is 51.9 Å². The van der Waals surface area contributed by atoms with Crippen molar-refractivity contribution in [2.24, 2.45) is 5.16 Å². The summed E-state index contributed by atoms with van der Waals surface area (Å²) < 4.78 is 10.9. The predicted molar refractivity (Wildman–Crippen MR) is 68.8 cm³/mol. The van der Waals surface area contributed by atoms with Gasteiger partial charge in [-0.15, -0.1) is 0 Å². The number of ether oxygens (including phenoxy) is 1. The fraction of sp³-hybridized carbons (Fsp3) is 0.231. The summed E-state index contributed by atoms with van der Waals surface area (Å²) in [5.74, 6) is 0.472. The first-order valence-electron chi connectivity index (χ1n) is 5.82. The van der Waals surface area contributed by atoms with Gasteiger partial charge in [-0.25, -0.2) is 0 Å². The summed E-state index contributed by atoms with van der Waals surface area (Å²) in [7, 11) is 0. The van der Waals surface area contributed by atoms with Gasteiger partial charge in [0.2, 0.25) is 0 Å². The van der Waals surface area contributed by atoms with E-state index in [4.69, 9.17) is 26.1 Å². The Bertz CT molecular complexity index is 607. The van der Waals surface area contributed by atoms with Crippen LogP contribution in [0.1, 0.15) is 28.7 Å². The third kappa shape index (κ3) is 2.22. The van der Waals surface area contributed by atoms with Crippen LogP contribution in [0.2, 0.25) is 5.02 Å². The quantitative estimate of drug-likeness (QED) is 0.521. The van der Waals surface area contributed by atoms with E-state index in [1.54, 1.807) is 0 Å². The zero-order chi connectivity index (χ0) is 13.2. The van der Waals surface area contributed by atoms with E-state index in [1.165, 1.54) is 6.21 Å². The van der Waals surface area contributed by atoms with Gasteiger partial charge in [-0.3, -0.25) is 0 Å². The second-order valence-corrected chi connectivity index (χ2v) is 4.64. The molecular formula is C13H11ClN2O3. The minimum absolute atomic E-state index is 0.273. The summed E-state index contributed by atoms with van der Waals surface area (Å²) in [6.45, 7) is 0.563. The average Bonchev–Trinajstić information content (AvgIpc) is 2.84. The largest absolute Gasteiger partial charge is 0.411 e. The van der Waals surface area contributed by atoms with Crippen LogP contribution in [0.25, 0.3) is 0 Å². The van der Waals surface area contributed by atoms with Crippen molar-refractivity contribution in [1.29, 1.82) is 0 Å². The third-order valence-electron chi connectivity index (χ3n) is 3.08. The standard InChI is InChI=1S/C13H11ClN2O3/c14-9-3-1-8(2-4-9)13-12-10(5-6-18-13)11(7-15-17)19-16-12/h1-4,7,13,17H,5-6H2/b15-7+. The lowest BCUT2D eigenvalue weighted by Gasteiger charge is -2.21. The van der Waals surface area contributed by atoms with Crippen LogP contribution in [-0.4, -0.2) is 23.2 Å². The fourth-order valence-electron chi connectivity index (χ4n) is 2.20. The Morgan fingerprint density at radius 2 is 2.16 bits per heavy atom. The number of fused-ring (bicyclic) bond motifs is 1. The van der Waals surface area contributed by atoms with Crippen molar-refractivity contribution in [2.45, 2.75) is 12.5 Å². The summed E-state index contributed by atoms with van der Waals surface area (Å²) in [4.78, 5) is 0. The molecule has 1 aliphatic heterocycles. The summed E-state index contributed by atoms with van der Waals surface area (Å²) >= 11 is 5.88. The second-order valence-electron chi connectivity index (χ2n) is 4.21. The van der Waals surface area contributed by atoms with Gasteiger partial charge in [-0.1, -0.05) is 34.0 Å². The predicted octanol–water partition coefficient (Wildman–Crippen LogP) is 2.80. The van der Waals surface area contributed by atoms with Crippen molar-refractivity contribution in [1.82, 2.24) is 5.16 Å². The normalized spacial score (nSPS) is 18.7. The van der Waals surface area contributed by atoms with Crippen LogP contribution < -0.4 is 0 Å². The number of hydrogen-bond donors (Lipinski definition) is 1. The molecule has 19 heavy (non-hydrogen) atoms. The van der Waals surface area contributed by atoms with Gasteiger partial charge in [0.15, 0.2) is 5.76 Å². The van der Waals surface area contributed by atoms with E-state index in [0.29, 0.717) is 23.8 Å². The Hall–Kier alpha value is -1.85. The zero-order valence-electron chi connectivity index (χ0n) is 9.91.